The van der Waals surface area contributed by atoms with Crippen LogP contribution in [0.2, 0.25) is 0 Å². The molecular weight excluding hydrogens is 125 g/mol. The van der Waals surface area contributed by atoms with Gasteiger partial charge in [0.1, 0.15) is 0 Å². The van der Waals surface area contributed by atoms with E-state index in [0.29, 0.717) is 0 Å². The third-order valence-electron chi connectivity index (χ3n) is 0. The van der Waals surface area contributed by atoms with Crippen molar-refractivity contribution in [2.75, 3.05) is 0 Å². The van der Waals surface area contributed by atoms with Crippen molar-refractivity contribution in [2.24, 2.45) is 0 Å². The van der Waals surface area contributed by atoms with Crippen LogP contribution in [0.25, 0.3) is 0 Å². The molecular formula is C3H8Y-2. The second-order valence-electron chi connectivity index (χ2n) is 0. The molecule has 0 fully saturated rings. The first-order valence-corrected chi connectivity index (χ1v) is 0.707. The van der Waals surface area contributed by atoms with Gasteiger partial charge in [-0.1, -0.05) is 0 Å². The van der Waals surface area contributed by atoms with Gasteiger partial charge in [0, 0.05) is 32.7 Å². The van der Waals surface area contributed by atoms with Gasteiger partial charge >= 0.3 is 0 Å². The standard InChI is InChI=1S/C2H5.CH3.Y/c1-2;;/h1H2,2H3;1H3;/q2*-1;/i;1D;. The smallest absolute Gasteiger partial charge is 0 e. The van der Waals surface area contributed by atoms with Crippen molar-refractivity contribution in [3.05, 3.63) is 14.3 Å². The summed E-state index contributed by atoms with van der Waals surface area (Å²) in [5.41, 5.74) is 0. The predicted molar refractivity (Wildman–Crippen MR) is 17.4 cm³/mol. The van der Waals surface area contributed by atoms with E-state index < -0.39 is 0 Å². The van der Waals surface area contributed by atoms with E-state index in [0.717, 1.165) is 0 Å². The Kier molecular flexibility index (Phi) is 72.4. The first kappa shape index (κ1) is 8.92. The topological polar surface area (TPSA) is 0 Å². The molecule has 0 rings (SSSR count). The molecule has 0 bridgehead atoms. The molecule has 0 aromatic heterocycles. The molecule has 0 atom stereocenters. The first-order valence-electron chi connectivity index (χ1n) is 1.41. The summed E-state index contributed by atoms with van der Waals surface area (Å²) in [6.07, 6.45) is 0. The quantitative estimate of drug-likeness (QED) is 0.438. The van der Waals surface area contributed by atoms with Gasteiger partial charge in [-0.25, -0.2) is 1.37 Å². The zero-order valence-electron chi connectivity index (χ0n) is 3.99. The van der Waals surface area contributed by atoms with E-state index in [4.69, 9.17) is 1.37 Å². The van der Waals surface area contributed by atoms with E-state index >= 15 is 0 Å². The van der Waals surface area contributed by atoms with Gasteiger partial charge in [-0.05, 0) is 0 Å². The molecule has 0 spiro atoms. The van der Waals surface area contributed by atoms with Gasteiger partial charge in [0.25, 0.3) is 0 Å². The van der Waals surface area contributed by atoms with Gasteiger partial charge in [-0.2, -0.15) is 6.92 Å². The van der Waals surface area contributed by atoms with Gasteiger partial charge in [-0.3, -0.25) is 0 Å². The molecule has 0 aromatic carbocycles. The van der Waals surface area contributed by atoms with Gasteiger partial charge in [0.05, 0.1) is 0 Å². The molecule has 0 aliphatic heterocycles. The fourth-order valence-corrected chi connectivity index (χ4v) is 0. The second-order valence-corrected chi connectivity index (χ2v) is 0. The Hall–Kier alpha value is 1.10. The van der Waals surface area contributed by atoms with Crippen LogP contribution in [-0.2, 0) is 32.7 Å². The minimum absolute atomic E-state index is 0. The first-order chi connectivity index (χ1) is 2.00. The molecule has 0 amide bonds. The SMILES string of the molecule is [2H][CH2-].[CH2-]C.[Y]. The summed E-state index contributed by atoms with van der Waals surface area (Å²) in [5, 5.41) is 0. The van der Waals surface area contributed by atoms with Gasteiger partial charge in [0.2, 0.25) is 0 Å². The van der Waals surface area contributed by atoms with Crippen molar-refractivity contribution in [1.29, 1.82) is 0 Å². The van der Waals surface area contributed by atoms with Crippen LogP contribution in [0.4, 0.5) is 0 Å². The van der Waals surface area contributed by atoms with E-state index in [1.54, 1.807) is 6.92 Å². The van der Waals surface area contributed by atoms with Crippen molar-refractivity contribution in [3.8, 4) is 0 Å². The molecule has 0 saturated heterocycles. The molecule has 0 heterocycles. The Labute approximate surface area is 55.3 Å². The molecule has 0 aliphatic rings. The van der Waals surface area contributed by atoms with Crippen LogP contribution < -0.4 is 0 Å². The van der Waals surface area contributed by atoms with Crippen molar-refractivity contribution >= 4 is 0 Å². The largest absolute Gasteiger partial charge is 0.358 e. The fourth-order valence-electron chi connectivity index (χ4n) is 0. The van der Waals surface area contributed by atoms with Crippen LogP contribution in [0.1, 0.15) is 8.29 Å². The third kappa shape index (κ3) is 11.3. The van der Waals surface area contributed by atoms with Crippen LogP contribution in [0.5, 0.6) is 0 Å². The Bertz CT molecular complexity index is 6.85. The van der Waals surface area contributed by atoms with Gasteiger partial charge in [0.15, 0.2) is 0 Å². The minimum Gasteiger partial charge on any atom is -0.358 e. The molecule has 0 aromatic rings. The van der Waals surface area contributed by atoms with E-state index in [-0.39, 0.29) is 32.7 Å². The normalized spacial score (nSPS) is 3.25. The maximum Gasteiger partial charge on any atom is 0 e. The predicted octanol–water partition coefficient (Wildman–Crippen LogP) is 1.29. The molecule has 0 unspecified atom stereocenters. The Morgan fingerprint density at radius 1 is 1.75 bits per heavy atom. The van der Waals surface area contributed by atoms with Gasteiger partial charge < -0.3 is 14.3 Å². The molecule has 0 nitrogen and oxygen atoms in total. The Morgan fingerprint density at radius 2 is 1.75 bits per heavy atom. The van der Waals surface area contributed by atoms with Crippen LogP contribution in [0.15, 0.2) is 0 Å². The summed E-state index contributed by atoms with van der Waals surface area (Å²) >= 11 is 0. The Balaban J connectivity index is -0.0000000133. The van der Waals surface area contributed by atoms with E-state index in [1.807, 2.05) is 0 Å². The van der Waals surface area contributed by atoms with Crippen LogP contribution in [0, 0.1) is 14.3 Å². The summed E-state index contributed by atoms with van der Waals surface area (Å²) in [5.74, 6) is 0. The average molecular weight is 134 g/mol. The van der Waals surface area contributed by atoms with Crippen molar-refractivity contribution in [3.63, 3.8) is 0 Å². The summed E-state index contributed by atoms with van der Waals surface area (Å²) in [7, 11) is 2.50. The molecule has 0 N–H and O–H groups in total. The maximum absolute atomic E-state index is 5.50. The van der Waals surface area contributed by atoms with E-state index in [1.165, 1.54) is 0 Å². The van der Waals surface area contributed by atoms with Crippen LogP contribution in [0.3, 0.4) is 0 Å². The van der Waals surface area contributed by atoms with Gasteiger partial charge in [-0.15, -0.1) is 0 Å². The van der Waals surface area contributed by atoms with Crippen molar-refractivity contribution in [1.82, 2.24) is 0 Å². The summed E-state index contributed by atoms with van der Waals surface area (Å²) in [6.45, 7) is 5.00. The molecule has 0 aliphatic carbocycles. The number of hydrogen-bond acceptors (Lipinski definition) is 0. The fraction of sp³-hybridized carbons (Fsp3) is 0.333. The monoisotopic (exact) mass is 134 g/mol. The molecule has 0 saturated carbocycles. The minimum atomic E-state index is 0. The number of hydrogen-bond donors (Lipinski definition) is 0. The van der Waals surface area contributed by atoms with Crippen LogP contribution >= 0.6 is 0 Å². The molecule has 25 valence electrons. The second kappa shape index (κ2) is 32.4. The van der Waals surface area contributed by atoms with Crippen molar-refractivity contribution in [2.45, 2.75) is 6.92 Å². The third-order valence-corrected chi connectivity index (χ3v) is 0. The molecule has 1 radical (unpaired) electrons. The maximum atomic E-state index is 5.50. The molecule has 4 heavy (non-hydrogen) atoms. The van der Waals surface area contributed by atoms with E-state index in [2.05, 4.69) is 14.3 Å². The summed E-state index contributed by atoms with van der Waals surface area (Å²) in [4.78, 5) is 0. The van der Waals surface area contributed by atoms with Crippen molar-refractivity contribution < 1.29 is 34.1 Å². The number of rotatable bonds is 0. The van der Waals surface area contributed by atoms with Crippen LogP contribution in [-0.4, -0.2) is 0 Å². The zero-order chi connectivity index (χ0) is 4.00. The summed E-state index contributed by atoms with van der Waals surface area (Å²) in [6, 6.07) is 0. The average Bonchev–Trinajstić information content (AvgIpc) is 1.50. The molecule has 1 heteroatoms. The zero-order valence-corrected chi connectivity index (χ0v) is 5.83. The Morgan fingerprint density at radius 3 is 1.75 bits per heavy atom. The van der Waals surface area contributed by atoms with E-state index in [9.17, 15) is 0 Å². The summed E-state index contributed by atoms with van der Waals surface area (Å²) < 4.78 is 5.50.